The fourth-order valence-corrected chi connectivity index (χ4v) is 4.42. The van der Waals surface area contributed by atoms with Crippen molar-refractivity contribution in [3.8, 4) is 0 Å². The number of esters is 1. The summed E-state index contributed by atoms with van der Waals surface area (Å²) in [6.45, 7) is 5.44. The van der Waals surface area contributed by atoms with Crippen molar-refractivity contribution in [2.24, 2.45) is 5.92 Å². The largest absolute Gasteiger partial charge is 0.460 e. The smallest absolute Gasteiger partial charge is 0.313 e. The molecule has 3 aliphatic rings. The molecule has 23 heavy (non-hydrogen) atoms. The Kier molecular flexibility index (Phi) is 6.01. The molecule has 4 rings (SSSR count). The summed E-state index contributed by atoms with van der Waals surface area (Å²) in [5, 5.41) is 0. The molecular formula is C19H27NO2S. The van der Waals surface area contributed by atoms with E-state index >= 15 is 0 Å². The molecule has 0 radical (unpaired) electrons. The standard InChI is InChI=1S/C19H27NO2S/c1-2-23-13-10-17(15-6-4-3-5-7-15)19(21)22-18-14-20-11-8-16(18)9-12-20/h3-7,16-18H,2,8-14H2,1H3/t17?,18-/m0/s1. The Labute approximate surface area is 143 Å². The second kappa shape index (κ2) is 8.20. The maximum atomic E-state index is 12.8. The first-order valence-corrected chi connectivity index (χ1v) is 9.99. The SMILES string of the molecule is CCSCCC(C(=O)O[C@H]1CN2CCC1CC2)c1ccccc1. The quantitative estimate of drug-likeness (QED) is 0.564. The van der Waals surface area contributed by atoms with Gasteiger partial charge in [-0.05, 0) is 55.3 Å². The molecule has 1 aromatic rings. The Morgan fingerprint density at radius 1 is 1.30 bits per heavy atom. The zero-order valence-corrected chi connectivity index (χ0v) is 14.8. The highest BCUT2D eigenvalue weighted by Crippen LogP contribution is 2.32. The van der Waals surface area contributed by atoms with E-state index in [9.17, 15) is 4.79 Å². The molecule has 1 aromatic carbocycles. The predicted octanol–water partition coefficient (Wildman–Crippen LogP) is 3.55. The van der Waals surface area contributed by atoms with Gasteiger partial charge in [0.15, 0.2) is 0 Å². The highest BCUT2D eigenvalue weighted by atomic mass is 32.2. The summed E-state index contributed by atoms with van der Waals surface area (Å²) in [5.41, 5.74) is 1.09. The topological polar surface area (TPSA) is 29.5 Å². The van der Waals surface area contributed by atoms with Crippen molar-refractivity contribution < 1.29 is 9.53 Å². The van der Waals surface area contributed by atoms with Crippen molar-refractivity contribution in [3.63, 3.8) is 0 Å². The van der Waals surface area contributed by atoms with Crippen molar-refractivity contribution in [2.45, 2.75) is 38.2 Å². The molecule has 3 fully saturated rings. The minimum absolute atomic E-state index is 0.0216. The van der Waals surface area contributed by atoms with E-state index < -0.39 is 0 Å². The Hall–Kier alpha value is -1.00. The minimum atomic E-state index is -0.120. The molecule has 0 aliphatic carbocycles. The van der Waals surface area contributed by atoms with Crippen LogP contribution in [0.15, 0.2) is 30.3 Å². The number of thioether (sulfide) groups is 1. The van der Waals surface area contributed by atoms with Crippen molar-refractivity contribution in [3.05, 3.63) is 35.9 Å². The lowest BCUT2D eigenvalue weighted by atomic mass is 9.85. The van der Waals surface area contributed by atoms with Crippen LogP contribution in [0.5, 0.6) is 0 Å². The van der Waals surface area contributed by atoms with Gasteiger partial charge in [-0.2, -0.15) is 11.8 Å². The Morgan fingerprint density at radius 2 is 2.04 bits per heavy atom. The molecule has 126 valence electrons. The summed E-state index contributed by atoms with van der Waals surface area (Å²) >= 11 is 1.89. The molecular weight excluding hydrogens is 306 g/mol. The molecule has 0 saturated carbocycles. The second-order valence-corrected chi connectivity index (χ2v) is 7.96. The average molecular weight is 333 g/mol. The third-order valence-corrected chi connectivity index (χ3v) is 6.04. The monoisotopic (exact) mass is 333 g/mol. The summed E-state index contributed by atoms with van der Waals surface area (Å²) in [4.78, 5) is 15.3. The van der Waals surface area contributed by atoms with Crippen LogP contribution in [0.1, 0.15) is 37.7 Å². The molecule has 0 N–H and O–H groups in total. The highest BCUT2D eigenvalue weighted by molar-refractivity contribution is 7.99. The van der Waals surface area contributed by atoms with Crippen LogP contribution in [0, 0.1) is 5.92 Å². The van der Waals surface area contributed by atoms with Crippen LogP contribution in [0.3, 0.4) is 0 Å². The zero-order chi connectivity index (χ0) is 16.1. The molecule has 2 bridgehead atoms. The van der Waals surface area contributed by atoms with Gasteiger partial charge in [0.1, 0.15) is 6.10 Å². The number of carbonyl (C=O) groups is 1. The van der Waals surface area contributed by atoms with E-state index in [4.69, 9.17) is 4.74 Å². The maximum absolute atomic E-state index is 12.8. The number of hydrogen-bond donors (Lipinski definition) is 0. The van der Waals surface area contributed by atoms with Gasteiger partial charge in [0.25, 0.3) is 0 Å². The molecule has 4 heteroatoms. The lowest BCUT2D eigenvalue weighted by molar-refractivity contribution is -0.160. The molecule has 3 heterocycles. The van der Waals surface area contributed by atoms with Gasteiger partial charge in [0, 0.05) is 6.54 Å². The van der Waals surface area contributed by atoms with Crippen molar-refractivity contribution >= 4 is 17.7 Å². The number of rotatable bonds is 7. The molecule has 3 aliphatic heterocycles. The van der Waals surface area contributed by atoms with E-state index in [0.29, 0.717) is 5.92 Å². The Morgan fingerprint density at radius 3 is 2.65 bits per heavy atom. The van der Waals surface area contributed by atoms with Gasteiger partial charge >= 0.3 is 5.97 Å². The van der Waals surface area contributed by atoms with Gasteiger partial charge in [-0.15, -0.1) is 0 Å². The van der Waals surface area contributed by atoms with E-state index in [2.05, 4.69) is 24.0 Å². The van der Waals surface area contributed by atoms with Crippen LogP contribution in [0.4, 0.5) is 0 Å². The van der Waals surface area contributed by atoms with Gasteiger partial charge < -0.3 is 4.74 Å². The number of piperidine rings is 3. The van der Waals surface area contributed by atoms with E-state index in [1.807, 2.05) is 30.0 Å². The van der Waals surface area contributed by atoms with Crippen LogP contribution < -0.4 is 0 Å². The average Bonchev–Trinajstić information content (AvgIpc) is 2.60. The maximum Gasteiger partial charge on any atom is 0.313 e. The van der Waals surface area contributed by atoms with Crippen LogP contribution in [0.25, 0.3) is 0 Å². The first-order chi connectivity index (χ1) is 11.3. The molecule has 2 atom stereocenters. The summed E-state index contributed by atoms with van der Waals surface area (Å²) < 4.78 is 5.98. The molecule has 3 saturated heterocycles. The normalized spacial score (nSPS) is 27.6. The van der Waals surface area contributed by atoms with Crippen molar-refractivity contribution in [1.82, 2.24) is 4.90 Å². The van der Waals surface area contributed by atoms with E-state index in [1.165, 1.54) is 25.9 Å². The first-order valence-electron chi connectivity index (χ1n) is 8.83. The fraction of sp³-hybridized carbons (Fsp3) is 0.632. The Bertz CT molecular complexity index is 499. The van der Waals surface area contributed by atoms with E-state index in [0.717, 1.165) is 30.0 Å². The Balaban J connectivity index is 1.65. The third kappa shape index (κ3) is 4.30. The van der Waals surface area contributed by atoms with E-state index in [1.54, 1.807) is 0 Å². The van der Waals surface area contributed by atoms with Crippen LogP contribution in [-0.4, -0.2) is 48.1 Å². The number of hydrogen-bond acceptors (Lipinski definition) is 4. The van der Waals surface area contributed by atoms with Crippen LogP contribution in [-0.2, 0) is 9.53 Å². The van der Waals surface area contributed by atoms with Crippen LogP contribution in [0.2, 0.25) is 0 Å². The second-order valence-electron chi connectivity index (χ2n) is 6.56. The summed E-state index contributed by atoms with van der Waals surface area (Å²) in [6.07, 6.45) is 3.33. The number of nitrogens with zero attached hydrogens (tertiary/aromatic N) is 1. The first kappa shape index (κ1) is 16.8. The predicted molar refractivity (Wildman–Crippen MR) is 95.8 cm³/mol. The lowest BCUT2D eigenvalue weighted by Gasteiger charge is -2.44. The van der Waals surface area contributed by atoms with Gasteiger partial charge in [-0.25, -0.2) is 0 Å². The molecule has 0 aromatic heterocycles. The minimum Gasteiger partial charge on any atom is -0.460 e. The number of ether oxygens (including phenoxy) is 1. The van der Waals surface area contributed by atoms with Crippen LogP contribution >= 0.6 is 11.8 Å². The van der Waals surface area contributed by atoms with Crippen molar-refractivity contribution in [2.75, 3.05) is 31.1 Å². The highest BCUT2D eigenvalue weighted by Gasteiger charge is 2.37. The summed E-state index contributed by atoms with van der Waals surface area (Å²) in [7, 11) is 0. The summed E-state index contributed by atoms with van der Waals surface area (Å²) in [5.74, 6) is 2.53. The van der Waals surface area contributed by atoms with Gasteiger partial charge in [0.2, 0.25) is 0 Å². The summed E-state index contributed by atoms with van der Waals surface area (Å²) in [6, 6.07) is 10.1. The molecule has 3 nitrogen and oxygen atoms in total. The molecule has 1 unspecified atom stereocenters. The number of fused-ring (bicyclic) bond motifs is 3. The molecule has 0 amide bonds. The number of benzene rings is 1. The third-order valence-electron chi connectivity index (χ3n) is 5.11. The lowest BCUT2D eigenvalue weighted by Crippen LogP contribution is -2.52. The van der Waals surface area contributed by atoms with E-state index in [-0.39, 0.29) is 18.0 Å². The zero-order valence-electron chi connectivity index (χ0n) is 13.9. The number of carbonyl (C=O) groups excluding carboxylic acids is 1. The fourth-order valence-electron chi connectivity index (χ4n) is 3.73. The van der Waals surface area contributed by atoms with Gasteiger partial charge in [-0.3, -0.25) is 9.69 Å². The van der Waals surface area contributed by atoms with Gasteiger partial charge in [0.05, 0.1) is 5.92 Å². The van der Waals surface area contributed by atoms with Crippen molar-refractivity contribution in [1.29, 1.82) is 0 Å². The van der Waals surface area contributed by atoms with Gasteiger partial charge in [-0.1, -0.05) is 37.3 Å². The molecule has 0 spiro atoms.